The first-order valence-electron chi connectivity index (χ1n) is 13.6. The van der Waals surface area contributed by atoms with Crippen LogP contribution in [0.4, 0.5) is 23.1 Å². The standard InChI is InChI=1S/C30H37N7O2/c1-30(2,3)25-16-23(12-13-31-25)33-26-24(27(38)34-21-10-11-21)17-32-29(36-26)35-22-9-8-18-14-20(28(39)37(4)5)7-6-19(18)15-22/h8-9,12-13,15-17,20-21H,6-7,10-11,14H2,1-5H3,(H,34,38)(H2,31,32,33,35,36). The highest BCUT2D eigenvalue weighted by Crippen LogP contribution is 2.31. The average Bonchev–Trinajstić information content (AvgIpc) is 3.71. The molecule has 3 aromatic rings. The van der Waals surface area contributed by atoms with Gasteiger partial charge in [-0.15, -0.1) is 0 Å². The van der Waals surface area contributed by atoms with E-state index in [-0.39, 0.29) is 29.2 Å². The molecule has 0 spiro atoms. The van der Waals surface area contributed by atoms with Crippen LogP contribution in [-0.2, 0) is 23.1 Å². The Morgan fingerprint density at radius 1 is 0.949 bits per heavy atom. The highest BCUT2D eigenvalue weighted by atomic mass is 16.2. The molecule has 1 aromatic carbocycles. The summed E-state index contributed by atoms with van der Waals surface area (Å²) in [6.07, 6.45) is 7.76. The third kappa shape index (κ3) is 6.35. The quantitative estimate of drug-likeness (QED) is 0.407. The Bertz CT molecular complexity index is 1390. The number of hydrogen-bond donors (Lipinski definition) is 3. The Kier molecular flexibility index (Phi) is 7.25. The maximum atomic E-state index is 13.0. The maximum Gasteiger partial charge on any atom is 0.256 e. The van der Waals surface area contributed by atoms with Crippen LogP contribution in [0.25, 0.3) is 0 Å². The number of carbonyl (C=O) groups excluding carboxylic acids is 2. The number of rotatable bonds is 7. The fourth-order valence-electron chi connectivity index (χ4n) is 4.79. The van der Waals surface area contributed by atoms with Crippen LogP contribution in [0.15, 0.2) is 42.7 Å². The summed E-state index contributed by atoms with van der Waals surface area (Å²) in [6.45, 7) is 6.33. The minimum Gasteiger partial charge on any atom is -0.349 e. The minimum atomic E-state index is -0.188. The summed E-state index contributed by atoms with van der Waals surface area (Å²) in [5.41, 5.74) is 5.31. The molecule has 1 unspecified atom stereocenters. The van der Waals surface area contributed by atoms with Gasteiger partial charge in [0, 0.05) is 60.9 Å². The van der Waals surface area contributed by atoms with Crippen molar-refractivity contribution in [2.75, 3.05) is 24.7 Å². The fraction of sp³-hybridized carbons (Fsp3) is 0.433. The lowest BCUT2D eigenvalue weighted by Crippen LogP contribution is -2.33. The van der Waals surface area contributed by atoms with Crippen LogP contribution in [0.2, 0.25) is 0 Å². The summed E-state index contributed by atoms with van der Waals surface area (Å²) in [4.78, 5) is 40.8. The van der Waals surface area contributed by atoms with Gasteiger partial charge in [0.05, 0.1) is 0 Å². The van der Waals surface area contributed by atoms with Crippen molar-refractivity contribution in [3.05, 3.63) is 65.1 Å². The molecule has 2 aliphatic rings. The number of benzene rings is 1. The first-order chi connectivity index (χ1) is 18.6. The van der Waals surface area contributed by atoms with Crippen molar-refractivity contribution in [2.45, 2.75) is 64.3 Å². The molecule has 2 aliphatic carbocycles. The molecule has 9 nitrogen and oxygen atoms in total. The number of nitrogens with zero attached hydrogens (tertiary/aromatic N) is 4. The molecule has 2 aromatic heterocycles. The van der Waals surface area contributed by atoms with Crippen molar-refractivity contribution in [3.63, 3.8) is 0 Å². The number of anilines is 4. The van der Waals surface area contributed by atoms with Gasteiger partial charge in [0.25, 0.3) is 5.91 Å². The van der Waals surface area contributed by atoms with Crippen LogP contribution >= 0.6 is 0 Å². The molecular formula is C30H37N7O2. The molecule has 1 atom stereocenters. The van der Waals surface area contributed by atoms with Gasteiger partial charge in [-0.25, -0.2) is 4.98 Å². The summed E-state index contributed by atoms with van der Waals surface area (Å²) >= 11 is 0. The van der Waals surface area contributed by atoms with Crippen LogP contribution in [0.3, 0.4) is 0 Å². The Balaban J connectivity index is 1.38. The Hall–Kier alpha value is -4.01. The number of aromatic nitrogens is 3. The number of pyridine rings is 1. The molecule has 204 valence electrons. The summed E-state index contributed by atoms with van der Waals surface area (Å²) in [5.74, 6) is 0.851. The van der Waals surface area contributed by atoms with Crippen LogP contribution in [0, 0.1) is 5.92 Å². The fourth-order valence-corrected chi connectivity index (χ4v) is 4.79. The number of aryl methyl sites for hydroxylation is 1. The molecule has 39 heavy (non-hydrogen) atoms. The monoisotopic (exact) mass is 527 g/mol. The van der Waals surface area contributed by atoms with E-state index in [4.69, 9.17) is 4.98 Å². The summed E-state index contributed by atoms with van der Waals surface area (Å²) in [5, 5.41) is 9.67. The van der Waals surface area contributed by atoms with E-state index in [9.17, 15) is 9.59 Å². The lowest BCUT2D eigenvalue weighted by molar-refractivity contribution is -0.133. The molecule has 0 radical (unpaired) electrons. The minimum absolute atomic E-state index is 0.0320. The van der Waals surface area contributed by atoms with E-state index in [1.165, 1.54) is 11.1 Å². The van der Waals surface area contributed by atoms with Gasteiger partial charge in [-0.3, -0.25) is 14.6 Å². The molecule has 1 saturated carbocycles. The third-order valence-electron chi connectivity index (χ3n) is 7.22. The van der Waals surface area contributed by atoms with Gasteiger partial charge in [0.1, 0.15) is 11.4 Å². The second-order valence-corrected chi connectivity index (χ2v) is 11.8. The molecule has 0 bridgehead atoms. The molecule has 1 fully saturated rings. The number of carbonyl (C=O) groups is 2. The molecule has 0 saturated heterocycles. The summed E-state index contributed by atoms with van der Waals surface area (Å²) in [7, 11) is 3.63. The van der Waals surface area contributed by atoms with Crippen molar-refractivity contribution in [2.24, 2.45) is 5.92 Å². The maximum absolute atomic E-state index is 13.0. The lowest BCUT2D eigenvalue weighted by atomic mass is 9.83. The zero-order valence-electron chi connectivity index (χ0n) is 23.3. The Labute approximate surface area is 229 Å². The topological polar surface area (TPSA) is 112 Å². The van der Waals surface area contributed by atoms with Crippen molar-refractivity contribution >= 4 is 35.0 Å². The predicted molar refractivity (Wildman–Crippen MR) is 153 cm³/mol. The van der Waals surface area contributed by atoms with Crippen molar-refractivity contribution in [3.8, 4) is 0 Å². The van der Waals surface area contributed by atoms with E-state index in [0.29, 0.717) is 17.3 Å². The van der Waals surface area contributed by atoms with Crippen molar-refractivity contribution in [1.82, 2.24) is 25.2 Å². The second kappa shape index (κ2) is 10.6. The van der Waals surface area contributed by atoms with Crippen LogP contribution in [-0.4, -0.2) is 51.8 Å². The molecular weight excluding hydrogens is 490 g/mol. The SMILES string of the molecule is CN(C)C(=O)C1CCc2cc(Nc3ncc(C(=O)NC4CC4)c(Nc4ccnc(C(C)(C)C)c4)n3)ccc2C1. The van der Waals surface area contributed by atoms with Crippen molar-refractivity contribution < 1.29 is 9.59 Å². The molecule has 3 N–H and O–H groups in total. The van der Waals surface area contributed by atoms with E-state index in [1.807, 2.05) is 32.3 Å². The first kappa shape index (κ1) is 26.6. The molecule has 0 aliphatic heterocycles. The highest BCUT2D eigenvalue weighted by molar-refractivity contribution is 5.99. The average molecular weight is 528 g/mol. The van der Waals surface area contributed by atoms with Crippen LogP contribution < -0.4 is 16.0 Å². The molecule has 5 rings (SSSR count). The molecule has 2 heterocycles. The van der Waals surface area contributed by atoms with Gasteiger partial charge >= 0.3 is 0 Å². The smallest absolute Gasteiger partial charge is 0.256 e. The zero-order valence-corrected chi connectivity index (χ0v) is 23.3. The molecule has 9 heteroatoms. The zero-order chi connectivity index (χ0) is 27.7. The van der Waals surface area contributed by atoms with Gasteiger partial charge in [0.15, 0.2) is 0 Å². The van der Waals surface area contributed by atoms with Crippen molar-refractivity contribution in [1.29, 1.82) is 0 Å². The molecule has 2 amide bonds. The van der Waals surface area contributed by atoms with Gasteiger partial charge in [-0.05, 0) is 67.5 Å². The van der Waals surface area contributed by atoms with Gasteiger partial charge in [-0.2, -0.15) is 4.98 Å². The Morgan fingerprint density at radius 3 is 2.44 bits per heavy atom. The normalized spacial score (nSPS) is 16.7. The number of amides is 2. The van der Waals surface area contributed by atoms with Gasteiger partial charge < -0.3 is 20.9 Å². The van der Waals surface area contributed by atoms with Gasteiger partial charge in [0.2, 0.25) is 11.9 Å². The Morgan fingerprint density at radius 2 is 1.72 bits per heavy atom. The van der Waals surface area contributed by atoms with Gasteiger partial charge in [-0.1, -0.05) is 26.8 Å². The van der Waals surface area contributed by atoms with E-state index in [0.717, 1.165) is 49.2 Å². The van der Waals surface area contributed by atoms with E-state index < -0.39 is 0 Å². The third-order valence-corrected chi connectivity index (χ3v) is 7.22. The second-order valence-electron chi connectivity index (χ2n) is 11.8. The van der Waals surface area contributed by atoms with E-state index in [2.05, 4.69) is 58.8 Å². The van der Waals surface area contributed by atoms with E-state index in [1.54, 1.807) is 17.3 Å². The largest absolute Gasteiger partial charge is 0.349 e. The highest BCUT2D eigenvalue weighted by Gasteiger charge is 2.27. The summed E-state index contributed by atoms with van der Waals surface area (Å²) < 4.78 is 0. The van der Waals surface area contributed by atoms with Crippen LogP contribution in [0.1, 0.15) is 67.2 Å². The number of nitrogens with one attached hydrogen (secondary N) is 3. The number of hydrogen-bond acceptors (Lipinski definition) is 7. The first-order valence-corrected chi connectivity index (χ1v) is 13.6. The lowest BCUT2D eigenvalue weighted by Gasteiger charge is -2.26. The predicted octanol–water partition coefficient (Wildman–Crippen LogP) is 4.74. The summed E-state index contributed by atoms with van der Waals surface area (Å²) in [6, 6.07) is 10.2. The number of fused-ring (bicyclic) bond motifs is 1. The van der Waals surface area contributed by atoms with Crippen LogP contribution in [0.5, 0.6) is 0 Å². The van der Waals surface area contributed by atoms with E-state index >= 15 is 0 Å².